The first-order valence-electron chi connectivity index (χ1n) is 9.16. The average Bonchev–Trinajstić information content (AvgIpc) is 2.42. The number of rotatable bonds is 5. The number of carbonyl (C=O) groups excluding carboxylic acids is 2. The molecule has 1 atom stereocenters. The van der Waals surface area contributed by atoms with Crippen molar-refractivity contribution in [2.24, 2.45) is 23.7 Å². The minimum Gasteiger partial charge on any atom is -0.464 e. The van der Waals surface area contributed by atoms with Crippen LogP contribution in [0.5, 0.6) is 0 Å². The smallest absolute Gasteiger partial charge is 0.328 e. The van der Waals surface area contributed by atoms with Crippen LogP contribution in [0.1, 0.15) is 59.3 Å². The molecular formula is C18H30N2O3. The molecule has 4 aliphatic rings. The van der Waals surface area contributed by atoms with Crippen LogP contribution in [0.2, 0.25) is 0 Å². The number of carbonyl (C=O) groups is 2. The van der Waals surface area contributed by atoms with E-state index in [-0.39, 0.29) is 23.5 Å². The molecule has 4 rings (SSSR count). The molecule has 2 amide bonds. The summed E-state index contributed by atoms with van der Waals surface area (Å²) in [6.07, 6.45) is 7.37. The van der Waals surface area contributed by atoms with Crippen molar-refractivity contribution in [2.75, 3.05) is 6.61 Å². The van der Waals surface area contributed by atoms with Crippen LogP contribution in [0.15, 0.2) is 0 Å². The molecule has 1 unspecified atom stereocenters. The monoisotopic (exact) mass is 322 g/mol. The van der Waals surface area contributed by atoms with Gasteiger partial charge in [-0.1, -0.05) is 13.8 Å². The normalized spacial score (nSPS) is 35.9. The van der Waals surface area contributed by atoms with Gasteiger partial charge in [0.25, 0.3) is 0 Å². The Labute approximate surface area is 138 Å². The van der Waals surface area contributed by atoms with Gasteiger partial charge in [0.05, 0.1) is 6.61 Å². The highest BCUT2D eigenvalue weighted by atomic mass is 16.5. The molecule has 0 radical (unpaired) electrons. The predicted octanol–water partition coefficient (Wildman–Crippen LogP) is 2.84. The SMILES string of the molecule is CCOC(=O)C(NC(=O)NC12CC3CC(CC(C3)C1)C2)C(C)C. The molecule has 0 spiro atoms. The zero-order chi connectivity index (χ0) is 16.6. The molecule has 0 aliphatic heterocycles. The lowest BCUT2D eigenvalue weighted by Crippen LogP contribution is -2.63. The van der Waals surface area contributed by atoms with Gasteiger partial charge in [-0.15, -0.1) is 0 Å². The fourth-order valence-electron chi connectivity index (χ4n) is 5.41. The molecule has 4 fully saturated rings. The Kier molecular flexibility index (Phi) is 4.56. The molecule has 2 N–H and O–H groups in total. The van der Waals surface area contributed by atoms with Crippen molar-refractivity contribution in [3.8, 4) is 0 Å². The van der Waals surface area contributed by atoms with Gasteiger partial charge < -0.3 is 15.4 Å². The Balaban J connectivity index is 1.61. The third kappa shape index (κ3) is 3.48. The first kappa shape index (κ1) is 16.6. The predicted molar refractivity (Wildman–Crippen MR) is 87.8 cm³/mol. The summed E-state index contributed by atoms with van der Waals surface area (Å²) in [5.74, 6) is 2.02. The van der Waals surface area contributed by atoms with Crippen molar-refractivity contribution in [1.82, 2.24) is 10.6 Å². The second-order valence-corrected chi connectivity index (χ2v) is 8.27. The van der Waals surface area contributed by atoms with E-state index in [9.17, 15) is 9.59 Å². The van der Waals surface area contributed by atoms with E-state index in [1.54, 1.807) is 6.92 Å². The van der Waals surface area contributed by atoms with E-state index >= 15 is 0 Å². The van der Waals surface area contributed by atoms with E-state index in [2.05, 4.69) is 10.6 Å². The van der Waals surface area contributed by atoms with Crippen LogP contribution in [0.3, 0.4) is 0 Å². The molecule has 4 saturated carbocycles. The lowest BCUT2D eigenvalue weighted by Gasteiger charge is -2.56. The topological polar surface area (TPSA) is 67.4 Å². The van der Waals surface area contributed by atoms with Crippen LogP contribution in [-0.2, 0) is 9.53 Å². The molecule has 0 aromatic carbocycles. The minimum atomic E-state index is -0.580. The fraction of sp³-hybridized carbons (Fsp3) is 0.889. The Morgan fingerprint density at radius 1 is 1.09 bits per heavy atom. The van der Waals surface area contributed by atoms with Crippen molar-refractivity contribution in [2.45, 2.75) is 70.9 Å². The Bertz CT molecular complexity index is 440. The van der Waals surface area contributed by atoms with Gasteiger partial charge in [-0.05, 0) is 69.1 Å². The van der Waals surface area contributed by atoms with Crippen molar-refractivity contribution in [3.63, 3.8) is 0 Å². The average molecular weight is 322 g/mol. The number of esters is 1. The molecule has 0 heterocycles. The number of hydrogen-bond donors (Lipinski definition) is 2. The third-order valence-electron chi connectivity index (χ3n) is 5.91. The molecule has 5 heteroatoms. The quantitative estimate of drug-likeness (QED) is 0.765. The summed E-state index contributed by atoms with van der Waals surface area (Å²) in [7, 11) is 0. The second kappa shape index (κ2) is 6.33. The summed E-state index contributed by atoms with van der Waals surface area (Å²) in [6, 6.07) is -0.789. The molecular weight excluding hydrogens is 292 g/mol. The fourth-order valence-corrected chi connectivity index (χ4v) is 5.41. The summed E-state index contributed by atoms with van der Waals surface area (Å²) in [5.41, 5.74) is -0.0327. The van der Waals surface area contributed by atoms with Gasteiger partial charge >= 0.3 is 12.0 Å². The lowest BCUT2D eigenvalue weighted by molar-refractivity contribution is -0.146. The summed E-state index contributed by atoms with van der Waals surface area (Å²) in [4.78, 5) is 24.5. The van der Waals surface area contributed by atoms with Gasteiger partial charge in [0, 0.05) is 5.54 Å². The Morgan fingerprint density at radius 2 is 1.61 bits per heavy atom. The van der Waals surface area contributed by atoms with Gasteiger partial charge in [-0.25, -0.2) is 9.59 Å². The van der Waals surface area contributed by atoms with E-state index in [1.165, 1.54) is 19.3 Å². The lowest BCUT2D eigenvalue weighted by atomic mass is 9.53. The molecule has 130 valence electrons. The zero-order valence-electron chi connectivity index (χ0n) is 14.6. The van der Waals surface area contributed by atoms with Gasteiger partial charge in [-0.3, -0.25) is 0 Å². The third-order valence-corrected chi connectivity index (χ3v) is 5.91. The zero-order valence-corrected chi connectivity index (χ0v) is 14.6. The van der Waals surface area contributed by atoms with Gasteiger partial charge in [0.15, 0.2) is 0 Å². The van der Waals surface area contributed by atoms with Crippen LogP contribution in [0, 0.1) is 23.7 Å². The number of nitrogens with one attached hydrogen (secondary N) is 2. The molecule has 5 nitrogen and oxygen atoms in total. The van der Waals surface area contributed by atoms with E-state index in [1.807, 2.05) is 13.8 Å². The van der Waals surface area contributed by atoms with Gasteiger partial charge in [-0.2, -0.15) is 0 Å². The molecule has 4 bridgehead atoms. The summed E-state index contributed by atoms with van der Waals surface area (Å²) >= 11 is 0. The second-order valence-electron chi connectivity index (χ2n) is 8.27. The highest BCUT2D eigenvalue weighted by molar-refractivity contribution is 5.84. The van der Waals surface area contributed by atoms with Crippen LogP contribution < -0.4 is 10.6 Å². The largest absolute Gasteiger partial charge is 0.464 e. The maximum Gasteiger partial charge on any atom is 0.328 e. The van der Waals surface area contributed by atoms with Crippen molar-refractivity contribution < 1.29 is 14.3 Å². The maximum absolute atomic E-state index is 12.5. The highest BCUT2D eigenvalue weighted by Crippen LogP contribution is 2.55. The van der Waals surface area contributed by atoms with Crippen LogP contribution >= 0.6 is 0 Å². The van der Waals surface area contributed by atoms with Crippen LogP contribution in [-0.4, -0.2) is 30.2 Å². The Morgan fingerprint density at radius 3 is 2.04 bits per heavy atom. The molecule has 23 heavy (non-hydrogen) atoms. The molecule has 0 saturated heterocycles. The first-order valence-corrected chi connectivity index (χ1v) is 9.16. The first-order chi connectivity index (χ1) is 10.9. The van der Waals surface area contributed by atoms with Crippen molar-refractivity contribution in [3.05, 3.63) is 0 Å². The number of ether oxygens (including phenoxy) is 1. The van der Waals surface area contributed by atoms with Crippen LogP contribution in [0.25, 0.3) is 0 Å². The van der Waals surface area contributed by atoms with Gasteiger partial charge in [0.1, 0.15) is 6.04 Å². The molecule has 0 aromatic rings. The summed E-state index contributed by atoms with van der Waals surface area (Å²) in [5, 5.41) is 6.10. The summed E-state index contributed by atoms with van der Waals surface area (Å²) in [6.45, 7) is 5.96. The van der Waals surface area contributed by atoms with E-state index in [0.717, 1.165) is 37.0 Å². The maximum atomic E-state index is 12.5. The Hall–Kier alpha value is -1.26. The van der Waals surface area contributed by atoms with Crippen molar-refractivity contribution in [1.29, 1.82) is 0 Å². The number of amides is 2. The number of hydrogen-bond acceptors (Lipinski definition) is 3. The van der Waals surface area contributed by atoms with E-state index < -0.39 is 6.04 Å². The van der Waals surface area contributed by atoms with Crippen molar-refractivity contribution >= 4 is 12.0 Å². The molecule has 0 aromatic heterocycles. The van der Waals surface area contributed by atoms with E-state index in [4.69, 9.17) is 4.74 Å². The van der Waals surface area contributed by atoms with Crippen LogP contribution in [0.4, 0.5) is 4.79 Å². The number of urea groups is 1. The minimum absolute atomic E-state index is 0.0103. The van der Waals surface area contributed by atoms with E-state index in [0.29, 0.717) is 6.61 Å². The standard InChI is InChI=1S/C18H30N2O3/c1-4-23-16(21)15(11(2)3)19-17(22)20-18-8-12-5-13(9-18)7-14(6-12)10-18/h11-15H,4-10H2,1-3H3,(H2,19,20,22). The van der Waals surface area contributed by atoms with Gasteiger partial charge in [0.2, 0.25) is 0 Å². The highest BCUT2D eigenvalue weighted by Gasteiger charge is 2.51. The summed E-state index contributed by atoms with van der Waals surface area (Å²) < 4.78 is 5.08. The molecule has 4 aliphatic carbocycles.